The highest BCUT2D eigenvalue weighted by Gasteiger charge is 2.27. The summed E-state index contributed by atoms with van der Waals surface area (Å²) in [5, 5.41) is 6.69. The van der Waals surface area contributed by atoms with Crippen LogP contribution in [0.5, 0.6) is 0 Å². The summed E-state index contributed by atoms with van der Waals surface area (Å²) in [5.74, 6) is -1.20. The van der Waals surface area contributed by atoms with E-state index in [-0.39, 0.29) is 12.1 Å². The molecule has 0 spiro atoms. The number of hydrogen-bond acceptors (Lipinski definition) is 5. The van der Waals surface area contributed by atoms with Crippen molar-refractivity contribution >= 4 is 17.9 Å². The topological polar surface area (TPSA) is 93.5 Å². The largest absolute Gasteiger partial charge is 0.452 e. The molecule has 1 saturated heterocycles. The van der Waals surface area contributed by atoms with E-state index >= 15 is 0 Å². The van der Waals surface area contributed by atoms with E-state index < -0.39 is 24.5 Å². The van der Waals surface area contributed by atoms with Crippen LogP contribution >= 0.6 is 0 Å². The summed E-state index contributed by atoms with van der Waals surface area (Å²) >= 11 is 0. The molecule has 8 nitrogen and oxygen atoms in total. The normalized spacial score (nSPS) is 13.7. The molecule has 0 aliphatic carbocycles. The molecule has 2 aromatic rings. The minimum Gasteiger partial charge on any atom is -0.452 e. The van der Waals surface area contributed by atoms with Gasteiger partial charge in [0.1, 0.15) is 5.56 Å². The highest BCUT2D eigenvalue weighted by atomic mass is 16.5. The molecule has 8 heteroatoms. The summed E-state index contributed by atoms with van der Waals surface area (Å²) < 4.78 is 6.63. The third kappa shape index (κ3) is 2.98. The lowest BCUT2D eigenvalue weighted by Gasteiger charge is -2.12. The molecular formula is C16H16N4O4. The van der Waals surface area contributed by atoms with Gasteiger partial charge in [0.2, 0.25) is 0 Å². The van der Waals surface area contributed by atoms with Crippen molar-refractivity contribution in [3.05, 3.63) is 47.8 Å². The van der Waals surface area contributed by atoms with Crippen molar-refractivity contribution in [1.82, 2.24) is 20.0 Å². The average Bonchev–Trinajstić information content (AvgIpc) is 3.19. The summed E-state index contributed by atoms with van der Waals surface area (Å²) in [6.07, 6.45) is 1.40. The van der Waals surface area contributed by atoms with E-state index in [1.165, 1.54) is 6.20 Å². The third-order valence-electron chi connectivity index (χ3n) is 3.72. The van der Waals surface area contributed by atoms with Crippen LogP contribution in [-0.4, -0.2) is 52.3 Å². The maximum atomic E-state index is 12.2. The minimum atomic E-state index is -0.650. The number of amides is 3. The number of imide groups is 1. The second-order valence-electron chi connectivity index (χ2n) is 5.24. The standard InChI is InChI=1S/C16H16N4O4/c1-11-13(9-18-20(11)12-5-3-2-4-6-12)15(22)24-10-14(21)19-8-7-17-16(19)23/h2-6,9H,7-8,10H2,1H3,(H,17,23). The fourth-order valence-electron chi connectivity index (χ4n) is 2.43. The fourth-order valence-corrected chi connectivity index (χ4v) is 2.43. The predicted octanol–water partition coefficient (Wildman–Crippen LogP) is 0.889. The van der Waals surface area contributed by atoms with E-state index in [1.54, 1.807) is 11.6 Å². The van der Waals surface area contributed by atoms with Crippen molar-refractivity contribution in [2.45, 2.75) is 6.92 Å². The number of carbonyl (C=O) groups excluding carboxylic acids is 3. The molecule has 0 radical (unpaired) electrons. The van der Waals surface area contributed by atoms with Crippen LogP contribution in [0.15, 0.2) is 36.5 Å². The van der Waals surface area contributed by atoms with E-state index in [1.807, 2.05) is 30.3 Å². The molecule has 1 aliphatic rings. The molecule has 3 rings (SSSR count). The molecular weight excluding hydrogens is 312 g/mol. The first-order valence-corrected chi connectivity index (χ1v) is 7.43. The minimum absolute atomic E-state index is 0.275. The van der Waals surface area contributed by atoms with Gasteiger partial charge < -0.3 is 10.1 Å². The van der Waals surface area contributed by atoms with Gasteiger partial charge in [-0.2, -0.15) is 5.10 Å². The average molecular weight is 328 g/mol. The highest BCUT2D eigenvalue weighted by Crippen LogP contribution is 2.14. The van der Waals surface area contributed by atoms with Gasteiger partial charge in [-0.1, -0.05) is 18.2 Å². The Labute approximate surface area is 138 Å². The number of esters is 1. The number of carbonyl (C=O) groups is 3. The Morgan fingerprint density at radius 1 is 1.29 bits per heavy atom. The van der Waals surface area contributed by atoms with Crippen LogP contribution in [0, 0.1) is 6.92 Å². The Hall–Kier alpha value is -3.16. The van der Waals surface area contributed by atoms with Gasteiger partial charge in [-0.05, 0) is 19.1 Å². The van der Waals surface area contributed by atoms with Crippen molar-refractivity contribution in [2.75, 3.05) is 19.7 Å². The Morgan fingerprint density at radius 3 is 2.71 bits per heavy atom. The summed E-state index contributed by atoms with van der Waals surface area (Å²) in [5.41, 5.74) is 1.70. The number of hydrogen-bond donors (Lipinski definition) is 1. The lowest BCUT2D eigenvalue weighted by molar-refractivity contribution is -0.130. The van der Waals surface area contributed by atoms with Gasteiger partial charge >= 0.3 is 12.0 Å². The zero-order chi connectivity index (χ0) is 17.1. The van der Waals surface area contributed by atoms with Crippen molar-refractivity contribution in [2.24, 2.45) is 0 Å². The summed E-state index contributed by atoms with van der Waals surface area (Å²) in [6.45, 7) is 1.94. The summed E-state index contributed by atoms with van der Waals surface area (Å²) in [7, 11) is 0. The quantitative estimate of drug-likeness (QED) is 0.841. The van der Waals surface area contributed by atoms with Gasteiger partial charge in [-0.25, -0.2) is 14.3 Å². The summed E-state index contributed by atoms with van der Waals surface area (Å²) in [4.78, 5) is 36.4. The van der Waals surface area contributed by atoms with Crippen LogP contribution < -0.4 is 5.32 Å². The molecule has 0 unspecified atom stereocenters. The fraction of sp³-hybridized carbons (Fsp3) is 0.250. The molecule has 1 N–H and O–H groups in total. The number of ether oxygens (including phenoxy) is 1. The van der Waals surface area contributed by atoms with Crippen LogP contribution in [0.2, 0.25) is 0 Å². The molecule has 0 bridgehead atoms. The maximum Gasteiger partial charge on any atom is 0.342 e. The van der Waals surface area contributed by atoms with E-state index in [2.05, 4.69) is 10.4 Å². The number of urea groups is 1. The molecule has 1 aromatic carbocycles. The molecule has 1 aromatic heterocycles. The van der Waals surface area contributed by atoms with Crippen LogP contribution in [0.3, 0.4) is 0 Å². The Morgan fingerprint density at radius 2 is 2.04 bits per heavy atom. The number of para-hydroxylation sites is 1. The first-order chi connectivity index (χ1) is 11.6. The Balaban J connectivity index is 1.67. The van der Waals surface area contributed by atoms with Crippen LogP contribution in [-0.2, 0) is 9.53 Å². The van der Waals surface area contributed by atoms with Crippen molar-refractivity contribution in [3.63, 3.8) is 0 Å². The third-order valence-corrected chi connectivity index (χ3v) is 3.72. The second-order valence-corrected chi connectivity index (χ2v) is 5.24. The van der Waals surface area contributed by atoms with Crippen LogP contribution in [0.1, 0.15) is 16.1 Å². The van der Waals surface area contributed by atoms with Crippen molar-refractivity contribution < 1.29 is 19.1 Å². The van der Waals surface area contributed by atoms with Crippen LogP contribution in [0.25, 0.3) is 5.69 Å². The van der Waals surface area contributed by atoms with E-state index in [9.17, 15) is 14.4 Å². The van der Waals surface area contributed by atoms with E-state index in [0.29, 0.717) is 12.2 Å². The zero-order valence-corrected chi connectivity index (χ0v) is 13.1. The SMILES string of the molecule is Cc1c(C(=O)OCC(=O)N2CCNC2=O)cnn1-c1ccccc1. The first-order valence-electron chi connectivity index (χ1n) is 7.43. The van der Waals surface area contributed by atoms with Gasteiger partial charge in [0.05, 0.1) is 17.6 Å². The molecule has 124 valence electrons. The van der Waals surface area contributed by atoms with Gasteiger partial charge in [-0.3, -0.25) is 9.69 Å². The maximum absolute atomic E-state index is 12.2. The molecule has 1 aliphatic heterocycles. The number of nitrogens with zero attached hydrogens (tertiary/aromatic N) is 3. The highest BCUT2D eigenvalue weighted by molar-refractivity contribution is 5.98. The predicted molar refractivity (Wildman–Crippen MR) is 83.7 cm³/mol. The van der Waals surface area contributed by atoms with Crippen molar-refractivity contribution in [1.29, 1.82) is 0 Å². The molecule has 0 atom stereocenters. The Bertz CT molecular complexity index is 785. The smallest absolute Gasteiger partial charge is 0.342 e. The van der Waals surface area contributed by atoms with Crippen LogP contribution in [0.4, 0.5) is 4.79 Å². The van der Waals surface area contributed by atoms with Gasteiger partial charge in [0.15, 0.2) is 6.61 Å². The van der Waals surface area contributed by atoms with E-state index in [4.69, 9.17) is 4.74 Å². The zero-order valence-electron chi connectivity index (χ0n) is 13.1. The number of benzene rings is 1. The molecule has 0 saturated carbocycles. The first kappa shape index (κ1) is 15.7. The molecule has 1 fully saturated rings. The number of nitrogens with one attached hydrogen (secondary N) is 1. The van der Waals surface area contributed by atoms with Gasteiger partial charge in [0, 0.05) is 13.1 Å². The number of rotatable bonds is 4. The Kier molecular flexibility index (Phi) is 4.28. The van der Waals surface area contributed by atoms with Crippen molar-refractivity contribution in [3.8, 4) is 5.69 Å². The lowest BCUT2D eigenvalue weighted by atomic mass is 10.2. The van der Waals surface area contributed by atoms with E-state index in [0.717, 1.165) is 10.6 Å². The molecule has 3 amide bonds. The number of aromatic nitrogens is 2. The molecule has 24 heavy (non-hydrogen) atoms. The summed E-state index contributed by atoms with van der Waals surface area (Å²) in [6, 6.07) is 8.89. The lowest BCUT2D eigenvalue weighted by Crippen LogP contribution is -2.37. The van der Waals surface area contributed by atoms with Gasteiger partial charge in [0.25, 0.3) is 5.91 Å². The second kappa shape index (κ2) is 6.53. The monoisotopic (exact) mass is 328 g/mol. The molecule has 2 heterocycles. The van der Waals surface area contributed by atoms with Gasteiger partial charge in [-0.15, -0.1) is 0 Å².